The summed E-state index contributed by atoms with van der Waals surface area (Å²) in [4.78, 5) is 24.3. The van der Waals surface area contributed by atoms with Crippen LogP contribution in [-0.2, 0) is 60.1 Å². The van der Waals surface area contributed by atoms with Gasteiger partial charge in [-0.25, -0.2) is 26.8 Å². The molecule has 0 saturated heterocycles. The molecule has 44 heteroatoms. The van der Waals surface area contributed by atoms with Crippen LogP contribution in [0, 0.1) is 12.2 Å². The first-order valence-corrected chi connectivity index (χ1v) is 33.0. The fourth-order valence-electron chi connectivity index (χ4n) is 7.95. The van der Waals surface area contributed by atoms with Gasteiger partial charge in [0.05, 0.1) is 32.5 Å². The van der Waals surface area contributed by atoms with Gasteiger partial charge in [0, 0.05) is 37.0 Å². The van der Waals surface area contributed by atoms with Crippen LogP contribution >= 0.6 is 23.2 Å². The summed E-state index contributed by atoms with van der Waals surface area (Å²) in [6.07, 6.45) is -2.92. The van der Waals surface area contributed by atoms with Gasteiger partial charge in [-0.15, -0.1) is 0 Å². The highest BCUT2D eigenvalue weighted by atomic mass is 35.5. The predicted molar refractivity (Wildman–Crippen MR) is 301 cm³/mol. The number of benzene rings is 5. The number of aromatic nitrogens is 6. The van der Waals surface area contributed by atoms with Crippen molar-refractivity contribution < 1.29 is 97.2 Å². The molecule has 0 bridgehead atoms. The molecule has 0 amide bonds. The highest BCUT2D eigenvalue weighted by Crippen LogP contribution is 2.49. The minimum Gasteiger partial charge on any atom is -0.504 e. The topological polar surface area (TPSA) is 519 Å². The van der Waals surface area contributed by atoms with E-state index >= 15 is 0 Å². The molecule has 5 aromatic carbocycles. The Balaban J connectivity index is 0.919. The summed E-state index contributed by atoms with van der Waals surface area (Å²) in [5.41, 5.74) is -2.67. The van der Waals surface area contributed by atoms with Crippen LogP contribution in [0.1, 0.15) is 0 Å². The van der Waals surface area contributed by atoms with Crippen molar-refractivity contribution in [2.24, 2.45) is 9.98 Å². The zero-order valence-corrected chi connectivity index (χ0v) is 49.4. The molecule has 7 aromatic rings. The maximum atomic E-state index is 14.6. The van der Waals surface area contributed by atoms with E-state index in [1.807, 2.05) is 0 Å². The molecule has 12 N–H and O–H groups in total. The van der Waals surface area contributed by atoms with Gasteiger partial charge < -0.3 is 51.6 Å². The molecular weight excluding hydrogens is 1350 g/mol. The van der Waals surface area contributed by atoms with Crippen molar-refractivity contribution in [2.75, 3.05) is 58.1 Å². The van der Waals surface area contributed by atoms with Gasteiger partial charge in [0.15, 0.2) is 64.0 Å². The second kappa shape index (κ2) is 23.4. The average molecular weight is 1380 g/mol. The second-order valence-corrected chi connectivity index (χ2v) is 27.5. The summed E-state index contributed by atoms with van der Waals surface area (Å²) in [7, 11) is -29.8. The third-order valence-electron chi connectivity index (χ3n) is 11.7. The van der Waals surface area contributed by atoms with E-state index in [2.05, 4.69) is 84.9 Å². The number of fused-ring (bicyclic) bond motifs is 4. The van der Waals surface area contributed by atoms with Crippen LogP contribution in [0.2, 0.25) is 10.0 Å². The molecule has 0 radical (unpaired) electrons. The fourth-order valence-corrected chi connectivity index (χ4v) is 13.0. The van der Waals surface area contributed by atoms with Crippen LogP contribution in [0.4, 0.5) is 66.7 Å². The second-order valence-electron chi connectivity index (χ2n) is 17.4. The lowest BCUT2D eigenvalue weighted by molar-refractivity contribution is 0.428. The van der Waals surface area contributed by atoms with Crippen LogP contribution in [0.15, 0.2) is 112 Å². The zero-order valence-electron chi connectivity index (χ0n) is 43.0. The van der Waals surface area contributed by atoms with Crippen LogP contribution < -0.4 is 52.1 Å². The first kappa shape index (κ1) is 63.7. The number of ether oxygens (including phenoxy) is 2. The number of phenols is 2. The number of phenolic OH excluding ortho intramolecular Hbond substituents is 2. The molecule has 88 heavy (non-hydrogen) atoms. The Hall–Kier alpha value is -8.82. The van der Waals surface area contributed by atoms with E-state index in [0.29, 0.717) is 35.1 Å². The maximum Gasteiger partial charge on any atom is 0.315 e. The first-order chi connectivity index (χ1) is 41.0. The normalized spacial score (nSPS) is 12.9. The van der Waals surface area contributed by atoms with Gasteiger partial charge in [-0.1, -0.05) is 36.4 Å². The van der Waals surface area contributed by atoms with Crippen molar-refractivity contribution in [3.8, 4) is 34.5 Å². The summed E-state index contributed by atoms with van der Waals surface area (Å²) in [6, 6.07) is 6.98. The Bertz CT molecular complexity index is 4750. The molecule has 9 rings (SSSR count). The summed E-state index contributed by atoms with van der Waals surface area (Å²) in [6.45, 7) is 5.12. The van der Waals surface area contributed by atoms with Crippen LogP contribution in [-0.4, -0.2) is 135 Å². The lowest BCUT2D eigenvalue weighted by atomic mass is 10.2. The summed E-state index contributed by atoms with van der Waals surface area (Å²) >= 11 is 13.6. The predicted octanol–water partition coefficient (Wildman–Crippen LogP) is 4.52. The number of hydrogen-bond donors (Lipinski definition) is 12. The number of nitrogens with one attached hydrogen (secondary N) is 6. The van der Waals surface area contributed by atoms with Gasteiger partial charge in [0.2, 0.25) is 23.8 Å². The largest absolute Gasteiger partial charge is 0.504 e. The van der Waals surface area contributed by atoms with Crippen molar-refractivity contribution >= 4 is 141 Å². The van der Waals surface area contributed by atoms with Crippen molar-refractivity contribution in [3.05, 3.63) is 105 Å². The van der Waals surface area contributed by atoms with Gasteiger partial charge in [-0.3, -0.25) is 18.2 Å². The molecular formula is C44H34Cl2F2N14O20S6. The Morgan fingerprint density at radius 2 is 0.807 bits per heavy atom. The van der Waals surface area contributed by atoms with Crippen LogP contribution in [0.25, 0.3) is 0 Å². The molecule has 34 nitrogen and oxygen atoms in total. The van der Waals surface area contributed by atoms with Gasteiger partial charge in [-0.2, -0.15) is 72.4 Å². The van der Waals surface area contributed by atoms with Crippen LogP contribution in [0.5, 0.6) is 34.5 Å². The quantitative estimate of drug-likeness (QED) is 0.0252. The highest BCUT2D eigenvalue weighted by molar-refractivity contribution is 7.94. The molecule has 0 saturated carbocycles. The smallest absolute Gasteiger partial charge is 0.315 e. The van der Waals surface area contributed by atoms with Gasteiger partial charge in [0.1, 0.15) is 41.9 Å². The number of nitrogens with zero attached hydrogens (tertiary/aromatic N) is 8. The van der Waals surface area contributed by atoms with Crippen molar-refractivity contribution in [1.82, 2.24) is 29.9 Å². The third kappa shape index (κ3) is 13.1. The van der Waals surface area contributed by atoms with Gasteiger partial charge in [0.25, 0.3) is 40.5 Å². The molecule has 0 atom stereocenters. The molecule has 2 aliphatic heterocycles. The summed E-state index contributed by atoms with van der Waals surface area (Å²) in [5, 5.41) is 35.5. The number of hydrogen-bond acceptors (Lipinski definition) is 30. The number of aromatic hydroxyl groups is 2. The van der Waals surface area contributed by atoms with E-state index in [1.54, 1.807) is 0 Å². The zero-order chi connectivity index (χ0) is 64.4. The van der Waals surface area contributed by atoms with Crippen molar-refractivity contribution in [2.45, 2.75) is 29.4 Å². The van der Waals surface area contributed by atoms with Crippen LogP contribution in [0.3, 0.4) is 0 Å². The maximum absolute atomic E-state index is 14.6. The standard InChI is InChI=1S/C44H34Cl2F2N14O20S6/c1-3-83(65,66)17-13-23(31(63)25(15-17)85(69,70)71)55-43-59-39(47)57-41(61-43)51-11-9-49-21-7-5-19-33(37(21)87(75,76)77)81-35-27(45)30-36(28(46)29(35)53-19)82-34-20(54-30)6-8-22(38(34)88(78,79)80)50-10-12-52-42-58-40(48)60-44(62-42)56-24-14-18(84(67,68)4-2)16-26(32(24)64)86(72,73)74/h3-8,13-16,49-50,63-64H,1-2,9-12H2,(H,69,70,71)(H,72,73,74)(H,75,76,77)(H,78,79,80)(H2,51,55,57,59,61)(H2,52,56,58,60,62). The van der Waals surface area contributed by atoms with E-state index in [4.69, 9.17) is 32.7 Å². The Labute approximate surface area is 502 Å². The monoisotopic (exact) mass is 1380 g/mol. The number of sulfone groups is 2. The fraction of sp³-hybridized carbons (Fsp3) is 0.0909. The van der Waals surface area contributed by atoms with Crippen molar-refractivity contribution in [1.29, 1.82) is 0 Å². The molecule has 0 fully saturated rings. The Kier molecular flexibility index (Phi) is 16.9. The average Bonchev–Trinajstić information content (AvgIpc) is 3.35. The molecule has 0 aliphatic carbocycles. The van der Waals surface area contributed by atoms with Gasteiger partial charge >= 0.3 is 12.2 Å². The lowest BCUT2D eigenvalue weighted by Gasteiger charge is -2.24. The van der Waals surface area contributed by atoms with E-state index in [0.717, 1.165) is 12.1 Å². The molecule has 2 aromatic heterocycles. The Morgan fingerprint density at radius 1 is 0.466 bits per heavy atom. The van der Waals surface area contributed by atoms with Gasteiger partial charge in [-0.05, 0) is 48.5 Å². The third-order valence-corrected chi connectivity index (χ3v) is 18.7. The number of rotatable bonds is 22. The molecule has 0 spiro atoms. The molecule has 4 heterocycles. The SMILES string of the molecule is C=CS(=O)(=O)c1cc(Nc2nc(F)nc(NCCNc3ccc4c(c3S(=O)(=O)O)Oc3c(Cl)c5c(c(Cl)c3=N4)Oc3c(ccc(NCCNc4nc(F)nc(Nc6cc(S(=O)(=O)C=C)cc(S(=O)(=O)O)c6O)n4)c3S(=O)(=O)O)N=5)n2)c(O)c(S(=O)(=O)O)c1. The molecule has 464 valence electrons. The minimum absolute atomic E-state index is 0.282. The van der Waals surface area contributed by atoms with E-state index in [-0.39, 0.29) is 59.6 Å². The summed E-state index contributed by atoms with van der Waals surface area (Å²) in [5.74, 6) is -7.06. The minimum atomic E-state index is -5.25. The number of anilines is 8. The molecule has 2 aliphatic rings. The number of halogens is 4. The highest BCUT2D eigenvalue weighted by Gasteiger charge is 2.35. The van der Waals surface area contributed by atoms with E-state index in [9.17, 15) is 87.7 Å². The first-order valence-electron chi connectivity index (χ1n) is 23.4. The van der Waals surface area contributed by atoms with Crippen molar-refractivity contribution in [3.63, 3.8) is 0 Å². The van der Waals surface area contributed by atoms with E-state index in [1.165, 1.54) is 12.1 Å². The summed E-state index contributed by atoms with van der Waals surface area (Å²) < 4.78 is 231. The Morgan fingerprint density at radius 3 is 1.14 bits per heavy atom. The molecule has 0 unspecified atom stereocenters. The lowest BCUT2D eigenvalue weighted by Crippen LogP contribution is -2.24. The van der Waals surface area contributed by atoms with E-state index < -0.39 is 181 Å².